The molecular weight excluding hydrogens is 272 g/mol. The van der Waals surface area contributed by atoms with E-state index in [0.717, 1.165) is 24.0 Å². The second-order valence-corrected chi connectivity index (χ2v) is 7.75. The third kappa shape index (κ3) is 3.05. The highest BCUT2D eigenvalue weighted by molar-refractivity contribution is 7.89. The molecule has 20 heavy (non-hydrogen) atoms. The van der Waals surface area contributed by atoms with Gasteiger partial charge in [-0.1, -0.05) is 19.4 Å². The number of benzene rings is 1. The number of hydrogen-bond donors (Lipinski definition) is 1. The molecule has 0 amide bonds. The Morgan fingerprint density at radius 1 is 1.25 bits per heavy atom. The van der Waals surface area contributed by atoms with Gasteiger partial charge in [0.25, 0.3) is 0 Å². The van der Waals surface area contributed by atoms with E-state index in [1.807, 2.05) is 19.9 Å². The monoisotopic (exact) mass is 296 g/mol. The molecule has 0 radical (unpaired) electrons. The van der Waals surface area contributed by atoms with Crippen LogP contribution in [-0.4, -0.2) is 31.9 Å². The van der Waals surface area contributed by atoms with Gasteiger partial charge in [0, 0.05) is 19.1 Å². The van der Waals surface area contributed by atoms with E-state index in [9.17, 15) is 8.42 Å². The maximum absolute atomic E-state index is 12.7. The first-order valence-electron chi connectivity index (χ1n) is 7.18. The van der Waals surface area contributed by atoms with Crippen molar-refractivity contribution in [1.82, 2.24) is 4.31 Å². The number of sulfonamides is 1. The molecule has 112 valence electrons. The zero-order valence-electron chi connectivity index (χ0n) is 12.5. The first-order valence-corrected chi connectivity index (χ1v) is 8.62. The number of aryl methyl sites for hydroxylation is 2. The van der Waals surface area contributed by atoms with Crippen molar-refractivity contribution in [2.75, 3.05) is 13.1 Å². The van der Waals surface area contributed by atoms with Crippen LogP contribution in [-0.2, 0) is 10.0 Å². The van der Waals surface area contributed by atoms with Gasteiger partial charge in [-0.2, -0.15) is 4.31 Å². The van der Waals surface area contributed by atoms with Crippen LogP contribution in [0.4, 0.5) is 0 Å². The van der Waals surface area contributed by atoms with E-state index in [-0.39, 0.29) is 12.0 Å². The van der Waals surface area contributed by atoms with Gasteiger partial charge < -0.3 is 5.73 Å². The summed E-state index contributed by atoms with van der Waals surface area (Å²) in [5.74, 6) is 0.254. The van der Waals surface area contributed by atoms with Crippen LogP contribution in [0.2, 0.25) is 0 Å². The van der Waals surface area contributed by atoms with Gasteiger partial charge in [-0.25, -0.2) is 8.42 Å². The molecule has 2 N–H and O–H groups in total. The lowest BCUT2D eigenvalue weighted by atomic mass is 9.92. The van der Waals surface area contributed by atoms with Crippen molar-refractivity contribution in [3.63, 3.8) is 0 Å². The molecule has 1 aliphatic heterocycles. The van der Waals surface area contributed by atoms with Gasteiger partial charge in [-0.05, 0) is 49.4 Å². The van der Waals surface area contributed by atoms with E-state index in [2.05, 4.69) is 6.92 Å². The van der Waals surface area contributed by atoms with Crippen molar-refractivity contribution in [3.05, 3.63) is 29.3 Å². The minimum Gasteiger partial charge on any atom is -0.327 e. The summed E-state index contributed by atoms with van der Waals surface area (Å²) in [6.07, 6.45) is 1.66. The van der Waals surface area contributed by atoms with Crippen LogP contribution in [0.15, 0.2) is 23.1 Å². The molecule has 0 saturated carbocycles. The van der Waals surface area contributed by atoms with Gasteiger partial charge in [0.2, 0.25) is 10.0 Å². The number of hydrogen-bond acceptors (Lipinski definition) is 3. The Bertz CT molecular complexity index is 563. The van der Waals surface area contributed by atoms with Gasteiger partial charge >= 0.3 is 0 Å². The molecule has 4 nitrogen and oxygen atoms in total. The minimum atomic E-state index is -3.40. The molecule has 5 heteroatoms. The number of nitrogens with two attached hydrogens (primary N) is 1. The van der Waals surface area contributed by atoms with Crippen molar-refractivity contribution in [2.45, 2.75) is 44.6 Å². The summed E-state index contributed by atoms with van der Waals surface area (Å²) in [7, 11) is -3.40. The molecule has 0 bridgehead atoms. The molecule has 0 aromatic heterocycles. The van der Waals surface area contributed by atoms with E-state index in [0.29, 0.717) is 18.0 Å². The third-order valence-electron chi connectivity index (χ3n) is 4.11. The number of rotatable bonds is 3. The number of piperidine rings is 1. The SMILES string of the molecule is CCC1CN(S(=O)(=O)c2cc(C)cc(C)c2)CCC1N. The Kier molecular flexibility index (Phi) is 4.52. The fraction of sp³-hybridized carbons (Fsp3) is 0.600. The van der Waals surface area contributed by atoms with Crippen molar-refractivity contribution in [1.29, 1.82) is 0 Å². The second-order valence-electron chi connectivity index (χ2n) is 5.81. The zero-order chi connectivity index (χ0) is 14.9. The highest BCUT2D eigenvalue weighted by Gasteiger charge is 2.33. The van der Waals surface area contributed by atoms with Crippen molar-refractivity contribution in [3.8, 4) is 0 Å². The van der Waals surface area contributed by atoms with Gasteiger partial charge in [-0.3, -0.25) is 0 Å². The fourth-order valence-corrected chi connectivity index (χ4v) is 4.60. The van der Waals surface area contributed by atoms with Gasteiger partial charge in [0.1, 0.15) is 0 Å². The van der Waals surface area contributed by atoms with Gasteiger partial charge in [-0.15, -0.1) is 0 Å². The molecule has 1 aliphatic rings. The maximum atomic E-state index is 12.7. The largest absolute Gasteiger partial charge is 0.327 e. The molecule has 2 atom stereocenters. The van der Waals surface area contributed by atoms with E-state index in [4.69, 9.17) is 5.73 Å². The number of nitrogens with zero attached hydrogens (tertiary/aromatic N) is 1. The average Bonchev–Trinajstić information content (AvgIpc) is 2.37. The van der Waals surface area contributed by atoms with Crippen LogP contribution < -0.4 is 5.73 Å². The van der Waals surface area contributed by atoms with Crippen LogP contribution in [0, 0.1) is 19.8 Å². The highest BCUT2D eigenvalue weighted by Crippen LogP contribution is 2.25. The van der Waals surface area contributed by atoms with E-state index in [1.165, 1.54) is 0 Å². The molecule has 1 aromatic carbocycles. The normalized spacial score (nSPS) is 24.8. The standard InChI is InChI=1S/C15H24N2O2S/c1-4-13-10-17(6-5-15(13)16)20(18,19)14-8-11(2)7-12(3)9-14/h7-9,13,15H,4-6,10,16H2,1-3H3. The Morgan fingerprint density at radius 3 is 2.40 bits per heavy atom. The van der Waals surface area contributed by atoms with E-state index in [1.54, 1.807) is 16.4 Å². The van der Waals surface area contributed by atoms with Crippen LogP contribution in [0.1, 0.15) is 30.9 Å². The second kappa shape index (κ2) is 5.84. The Labute approximate surface area is 122 Å². The quantitative estimate of drug-likeness (QED) is 0.928. The summed E-state index contributed by atoms with van der Waals surface area (Å²) in [5, 5.41) is 0. The lowest BCUT2D eigenvalue weighted by molar-refractivity contribution is 0.230. The van der Waals surface area contributed by atoms with Crippen LogP contribution in [0.3, 0.4) is 0 Å². The third-order valence-corrected chi connectivity index (χ3v) is 5.96. The van der Waals surface area contributed by atoms with Crippen LogP contribution >= 0.6 is 0 Å². The maximum Gasteiger partial charge on any atom is 0.243 e. The van der Waals surface area contributed by atoms with Crippen LogP contribution in [0.5, 0.6) is 0 Å². The molecule has 0 aliphatic carbocycles. The smallest absolute Gasteiger partial charge is 0.243 e. The molecule has 2 unspecified atom stereocenters. The first-order chi connectivity index (χ1) is 9.34. The summed E-state index contributed by atoms with van der Waals surface area (Å²) < 4.78 is 27.1. The predicted molar refractivity (Wildman–Crippen MR) is 81.0 cm³/mol. The Hall–Kier alpha value is -0.910. The zero-order valence-corrected chi connectivity index (χ0v) is 13.3. The van der Waals surface area contributed by atoms with Crippen molar-refractivity contribution >= 4 is 10.0 Å². The van der Waals surface area contributed by atoms with E-state index < -0.39 is 10.0 Å². The predicted octanol–water partition coefficient (Wildman–Crippen LogP) is 2.05. The molecule has 1 saturated heterocycles. The molecular formula is C15H24N2O2S. The van der Waals surface area contributed by atoms with Crippen molar-refractivity contribution in [2.24, 2.45) is 11.7 Å². The van der Waals surface area contributed by atoms with E-state index >= 15 is 0 Å². The Balaban J connectivity index is 2.30. The summed E-state index contributed by atoms with van der Waals surface area (Å²) in [6.45, 7) is 6.97. The van der Waals surface area contributed by atoms with Crippen molar-refractivity contribution < 1.29 is 8.42 Å². The summed E-state index contributed by atoms with van der Waals surface area (Å²) in [6, 6.07) is 5.60. The summed E-state index contributed by atoms with van der Waals surface area (Å²) in [4.78, 5) is 0.403. The highest BCUT2D eigenvalue weighted by atomic mass is 32.2. The molecule has 2 rings (SSSR count). The fourth-order valence-electron chi connectivity index (χ4n) is 2.90. The Morgan fingerprint density at radius 2 is 1.85 bits per heavy atom. The molecule has 0 spiro atoms. The molecule has 1 fully saturated rings. The summed E-state index contributed by atoms with van der Waals surface area (Å²) >= 11 is 0. The lowest BCUT2D eigenvalue weighted by Gasteiger charge is -2.35. The lowest BCUT2D eigenvalue weighted by Crippen LogP contribution is -2.48. The first kappa shape index (κ1) is 15.5. The van der Waals surface area contributed by atoms with Gasteiger partial charge in [0.05, 0.1) is 4.90 Å². The molecule has 1 aromatic rings. The average molecular weight is 296 g/mol. The van der Waals surface area contributed by atoms with Crippen LogP contribution in [0.25, 0.3) is 0 Å². The molecule has 1 heterocycles. The van der Waals surface area contributed by atoms with Gasteiger partial charge in [0.15, 0.2) is 0 Å². The minimum absolute atomic E-state index is 0.116. The topological polar surface area (TPSA) is 63.4 Å². The summed E-state index contributed by atoms with van der Waals surface area (Å²) in [5.41, 5.74) is 8.01.